The van der Waals surface area contributed by atoms with Crippen molar-refractivity contribution >= 4 is 0 Å². The predicted molar refractivity (Wildman–Crippen MR) is 62.4 cm³/mol. The minimum absolute atomic E-state index is 0.0704. The maximum absolute atomic E-state index is 9.20. The third-order valence-corrected chi connectivity index (χ3v) is 4.55. The summed E-state index contributed by atoms with van der Waals surface area (Å²) in [4.78, 5) is 0. The van der Waals surface area contributed by atoms with Gasteiger partial charge in [-0.3, -0.25) is 0 Å². The number of nitrogens with two attached hydrogens (primary N) is 1. The van der Waals surface area contributed by atoms with E-state index in [9.17, 15) is 5.11 Å². The molecule has 3 N–H and O–H groups in total. The zero-order valence-corrected chi connectivity index (χ0v) is 10.1. The largest absolute Gasteiger partial charge is 0.394 e. The minimum Gasteiger partial charge on any atom is -0.394 e. The van der Waals surface area contributed by atoms with Crippen molar-refractivity contribution in [1.29, 1.82) is 0 Å². The molecule has 0 aromatic rings. The van der Waals surface area contributed by atoms with Gasteiger partial charge in [0.15, 0.2) is 0 Å². The summed E-state index contributed by atoms with van der Waals surface area (Å²) in [6.45, 7) is 6.74. The monoisotopic (exact) mass is 209 g/mol. The van der Waals surface area contributed by atoms with Gasteiger partial charge in [-0.05, 0) is 43.4 Å². The lowest BCUT2D eigenvalue weighted by Gasteiger charge is -2.57. The van der Waals surface area contributed by atoms with Gasteiger partial charge in [0.05, 0.1) is 6.61 Å². The van der Waals surface area contributed by atoms with Crippen molar-refractivity contribution in [2.75, 3.05) is 6.61 Å². The van der Waals surface area contributed by atoms with Crippen molar-refractivity contribution in [3.63, 3.8) is 0 Å². The van der Waals surface area contributed by atoms with Crippen LogP contribution in [0.5, 0.6) is 0 Å². The van der Waals surface area contributed by atoms with Crippen LogP contribution in [0.15, 0.2) is 11.6 Å². The lowest BCUT2D eigenvalue weighted by atomic mass is 9.48. The molecule has 0 radical (unpaired) electrons. The van der Waals surface area contributed by atoms with Crippen molar-refractivity contribution in [2.24, 2.45) is 23.0 Å². The van der Waals surface area contributed by atoms with E-state index in [1.54, 1.807) is 0 Å². The van der Waals surface area contributed by atoms with Crippen LogP contribution >= 0.6 is 0 Å². The maximum Gasteiger partial charge on any atom is 0.0611 e. The van der Waals surface area contributed by atoms with E-state index >= 15 is 0 Å². The van der Waals surface area contributed by atoms with Crippen LogP contribution in [0.2, 0.25) is 0 Å². The number of aliphatic hydroxyl groups excluding tert-OH is 1. The van der Waals surface area contributed by atoms with Gasteiger partial charge in [0, 0.05) is 5.54 Å². The number of rotatable bonds is 3. The topological polar surface area (TPSA) is 46.2 Å². The van der Waals surface area contributed by atoms with Crippen molar-refractivity contribution in [3.8, 4) is 0 Å². The Morgan fingerprint density at radius 2 is 2.27 bits per heavy atom. The Hall–Kier alpha value is -0.340. The van der Waals surface area contributed by atoms with Gasteiger partial charge in [-0.15, -0.1) is 0 Å². The molecule has 3 unspecified atom stereocenters. The van der Waals surface area contributed by atoms with E-state index in [1.165, 1.54) is 18.4 Å². The molecule has 2 nitrogen and oxygen atoms in total. The lowest BCUT2D eigenvalue weighted by Crippen LogP contribution is -2.50. The maximum atomic E-state index is 9.20. The standard InChI is InChI=1S/C13H23NO/c1-12(2)10-5-4-9(11(12)6-10)7-13(3,14)8-15/h4,10-11,15H,5-8,14H2,1-3H3. The molecule has 2 bridgehead atoms. The highest BCUT2D eigenvalue weighted by Crippen LogP contribution is 2.60. The van der Waals surface area contributed by atoms with Gasteiger partial charge < -0.3 is 10.8 Å². The number of aliphatic hydroxyl groups is 1. The van der Waals surface area contributed by atoms with Gasteiger partial charge in [0.25, 0.3) is 0 Å². The quantitative estimate of drug-likeness (QED) is 0.699. The van der Waals surface area contributed by atoms with Crippen molar-refractivity contribution in [3.05, 3.63) is 11.6 Å². The van der Waals surface area contributed by atoms with Gasteiger partial charge in [-0.2, -0.15) is 0 Å². The smallest absolute Gasteiger partial charge is 0.0611 e. The first-order valence-electron chi connectivity index (χ1n) is 5.95. The number of allylic oxidation sites excluding steroid dienone is 1. The van der Waals surface area contributed by atoms with Crippen LogP contribution in [0.25, 0.3) is 0 Å². The third-order valence-electron chi connectivity index (χ3n) is 4.55. The second kappa shape index (κ2) is 3.33. The lowest BCUT2D eigenvalue weighted by molar-refractivity contribution is -0.0108. The van der Waals surface area contributed by atoms with Gasteiger partial charge in [-0.1, -0.05) is 25.5 Å². The van der Waals surface area contributed by atoms with Crippen LogP contribution in [0.4, 0.5) is 0 Å². The highest BCUT2D eigenvalue weighted by molar-refractivity contribution is 5.25. The summed E-state index contributed by atoms with van der Waals surface area (Å²) in [5.74, 6) is 1.59. The van der Waals surface area contributed by atoms with E-state index in [1.807, 2.05) is 6.92 Å². The summed E-state index contributed by atoms with van der Waals surface area (Å²) < 4.78 is 0. The van der Waals surface area contributed by atoms with E-state index in [-0.39, 0.29) is 6.61 Å². The highest BCUT2D eigenvalue weighted by atomic mass is 16.3. The highest BCUT2D eigenvalue weighted by Gasteiger charge is 2.51. The van der Waals surface area contributed by atoms with Crippen LogP contribution in [0, 0.1) is 17.3 Å². The fourth-order valence-electron chi connectivity index (χ4n) is 3.20. The van der Waals surface area contributed by atoms with Gasteiger partial charge in [-0.25, -0.2) is 0 Å². The molecule has 3 rings (SSSR count). The SMILES string of the molecule is CC(N)(CO)CC1=CCC2CC1C2(C)C. The van der Waals surface area contributed by atoms with Crippen molar-refractivity contribution < 1.29 is 5.11 Å². The molecule has 0 saturated heterocycles. The summed E-state index contributed by atoms with van der Waals surface area (Å²) in [6, 6.07) is 0. The predicted octanol–water partition coefficient (Wildman–Crippen LogP) is 2.08. The Bertz CT molecular complexity index is 291. The first-order chi connectivity index (χ1) is 6.87. The molecule has 1 fully saturated rings. The van der Waals surface area contributed by atoms with E-state index in [2.05, 4.69) is 19.9 Å². The second-order valence-corrected chi connectivity index (χ2v) is 6.31. The summed E-state index contributed by atoms with van der Waals surface area (Å²) >= 11 is 0. The van der Waals surface area contributed by atoms with Crippen LogP contribution in [-0.2, 0) is 0 Å². The molecule has 15 heavy (non-hydrogen) atoms. The summed E-state index contributed by atoms with van der Waals surface area (Å²) in [5.41, 5.74) is 7.54. The number of hydrogen-bond acceptors (Lipinski definition) is 2. The first-order valence-corrected chi connectivity index (χ1v) is 5.95. The molecular weight excluding hydrogens is 186 g/mol. The Morgan fingerprint density at radius 1 is 1.60 bits per heavy atom. The Morgan fingerprint density at radius 3 is 2.73 bits per heavy atom. The van der Waals surface area contributed by atoms with Crippen molar-refractivity contribution in [1.82, 2.24) is 0 Å². The van der Waals surface area contributed by atoms with E-state index in [4.69, 9.17) is 5.73 Å². The number of hydrogen-bond donors (Lipinski definition) is 2. The fraction of sp³-hybridized carbons (Fsp3) is 0.846. The molecule has 0 spiro atoms. The van der Waals surface area contributed by atoms with Crippen LogP contribution in [-0.4, -0.2) is 17.3 Å². The van der Waals surface area contributed by atoms with Gasteiger partial charge >= 0.3 is 0 Å². The summed E-state index contributed by atoms with van der Waals surface area (Å²) in [7, 11) is 0. The molecule has 86 valence electrons. The van der Waals surface area contributed by atoms with Crippen LogP contribution in [0.3, 0.4) is 0 Å². The number of fused-ring (bicyclic) bond motifs is 1. The molecular formula is C13H23NO. The molecule has 0 amide bonds. The molecule has 2 heteroatoms. The Labute approximate surface area is 92.6 Å². The molecule has 1 saturated carbocycles. The van der Waals surface area contributed by atoms with E-state index in [0.29, 0.717) is 11.3 Å². The first kappa shape index (κ1) is 11.2. The zero-order chi connectivity index (χ0) is 11.3. The second-order valence-electron chi connectivity index (χ2n) is 6.31. The Kier molecular flexibility index (Phi) is 2.47. The van der Waals surface area contributed by atoms with E-state index in [0.717, 1.165) is 12.3 Å². The summed E-state index contributed by atoms with van der Waals surface area (Å²) in [5, 5.41) is 9.20. The molecule has 0 aliphatic heterocycles. The van der Waals surface area contributed by atoms with E-state index < -0.39 is 5.54 Å². The average Bonchev–Trinajstić information content (AvgIpc) is 2.17. The average molecular weight is 209 g/mol. The zero-order valence-electron chi connectivity index (χ0n) is 10.1. The fourth-order valence-corrected chi connectivity index (χ4v) is 3.20. The molecule has 3 aliphatic rings. The van der Waals surface area contributed by atoms with Crippen LogP contribution in [0.1, 0.15) is 40.0 Å². The van der Waals surface area contributed by atoms with Crippen molar-refractivity contribution in [2.45, 2.75) is 45.6 Å². The minimum atomic E-state index is -0.440. The molecule has 3 aliphatic carbocycles. The Balaban J connectivity index is 2.09. The normalized spacial score (nSPS) is 36.5. The van der Waals surface area contributed by atoms with Gasteiger partial charge in [0.1, 0.15) is 0 Å². The molecule has 3 atom stereocenters. The summed E-state index contributed by atoms with van der Waals surface area (Å²) in [6.07, 6.45) is 5.76. The molecule has 0 heterocycles. The molecule has 0 aromatic carbocycles. The molecule has 0 aromatic heterocycles. The van der Waals surface area contributed by atoms with Crippen LogP contribution < -0.4 is 5.73 Å². The third kappa shape index (κ3) is 1.74. The van der Waals surface area contributed by atoms with Gasteiger partial charge in [0.2, 0.25) is 0 Å².